The first-order valence-corrected chi connectivity index (χ1v) is 9.19. The predicted octanol–water partition coefficient (Wildman–Crippen LogP) is 3.97. The summed E-state index contributed by atoms with van der Waals surface area (Å²) in [5.74, 6) is 0.891. The van der Waals surface area contributed by atoms with Gasteiger partial charge in [0.15, 0.2) is 5.65 Å². The van der Waals surface area contributed by atoms with E-state index < -0.39 is 5.97 Å². The van der Waals surface area contributed by atoms with E-state index in [4.69, 9.17) is 9.47 Å². The number of para-hydroxylation sites is 1. The van der Waals surface area contributed by atoms with Crippen LogP contribution in [-0.2, 0) is 4.74 Å². The Balaban J connectivity index is 1.71. The second-order valence-electron chi connectivity index (χ2n) is 6.41. The number of H-pyrrole nitrogens is 1. The highest BCUT2D eigenvalue weighted by molar-refractivity contribution is 5.97. The van der Waals surface area contributed by atoms with Crippen molar-refractivity contribution >= 4 is 11.6 Å². The number of hydrogen-bond donors (Lipinski definition) is 1. The third-order valence-corrected chi connectivity index (χ3v) is 4.41. The van der Waals surface area contributed by atoms with Crippen LogP contribution in [-0.4, -0.2) is 27.2 Å². The minimum Gasteiger partial charge on any atom is -0.462 e. The van der Waals surface area contributed by atoms with Gasteiger partial charge >= 0.3 is 5.97 Å². The molecule has 146 valence electrons. The first-order chi connectivity index (χ1) is 14.1. The Hall–Kier alpha value is -3.87. The van der Waals surface area contributed by atoms with E-state index in [1.165, 1.54) is 10.6 Å². The number of aryl methyl sites for hydroxylation is 1. The van der Waals surface area contributed by atoms with E-state index in [0.717, 1.165) is 11.3 Å². The molecule has 2 heterocycles. The number of carbonyl (C=O) groups is 1. The highest BCUT2D eigenvalue weighted by Gasteiger charge is 2.20. The number of aromatic amines is 1. The largest absolute Gasteiger partial charge is 0.462 e. The van der Waals surface area contributed by atoms with Crippen LogP contribution in [0.4, 0.5) is 0 Å². The summed E-state index contributed by atoms with van der Waals surface area (Å²) in [4.78, 5) is 29.4. The van der Waals surface area contributed by atoms with Gasteiger partial charge in [0.25, 0.3) is 5.56 Å². The minimum atomic E-state index is -0.514. The molecule has 0 amide bonds. The number of hydrogen-bond acceptors (Lipinski definition) is 5. The average molecular weight is 389 g/mol. The monoisotopic (exact) mass is 389 g/mol. The Bertz CT molecular complexity index is 1220. The molecule has 7 heteroatoms. The molecule has 0 unspecified atom stereocenters. The minimum absolute atomic E-state index is 0.239. The highest BCUT2D eigenvalue weighted by atomic mass is 16.5. The number of fused-ring (bicyclic) bond motifs is 1. The molecule has 2 aromatic heterocycles. The Morgan fingerprint density at radius 3 is 2.45 bits per heavy atom. The van der Waals surface area contributed by atoms with Crippen molar-refractivity contribution < 1.29 is 14.3 Å². The molecular weight excluding hydrogens is 370 g/mol. The number of rotatable bonds is 5. The number of nitrogens with one attached hydrogen (secondary N) is 1. The molecule has 0 bridgehead atoms. The lowest BCUT2D eigenvalue weighted by Crippen LogP contribution is -2.15. The van der Waals surface area contributed by atoms with Crippen molar-refractivity contribution in [3.63, 3.8) is 0 Å². The van der Waals surface area contributed by atoms with Gasteiger partial charge < -0.3 is 9.47 Å². The zero-order chi connectivity index (χ0) is 20.4. The number of benzene rings is 2. The quantitative estimate of drug-likeness (QED) is 0.522. The third kappa shape index (κ3) is 3.62. The Morgan fingerprint density at radius 1 is 1.07 bits per heavy atom. The molecule has 1 N–H and O–H groups in total. The summed E-state index contributed by atoms with van der Waals surface area (Å²) in [7, 11) is 0. The lowest BCUT2D eigenvalue weighted by atomic mass is 10.1. The number of aromatic nitrogens is 3. The second kappa shape index (κ2) is 7.63. The molecule has 0 saturated heterocycles. The summed E-state index contributed by atoms with van der Waals surface area (Å²) < 4.78 is 12.1. The van der Waals surface area contributed by atoms with Gasteiger partial charge in [0, 0.05) is 17.3 Å². The molecule has 0 saturated carbocycles. The summed E-state index contributed by atoms with van der Waals surface area (Å²) in [5, 5.41) is 2.87. The zero-order valence-electron chi connectivity index (χ0n) is 16.0. The molecular formula is C22H19N3O4. The average Bonchev–Trinajstić information content (AvgIpc) is 3.06. The maximum absolute atomic E-state index is 12.5. The van der Waals surface area contributed by atoms with Gasteiger partial charge in [-0.15, -0.1) is 0 Å². The van der Waals surface area contributed by atoms with Crippen molar-refractivity contribution in [1.82, 2.24) is 14.6 Å². The SMILES string of the molecule is CCOC(=O)c1c(C)[nH]n2c(=O)cc(-c3ccc(Oc4ccccc4)cc3)nc12. The number of ether oxygens (including phenoxy) is 2. The van der Waals surface area contributed by atoms with Gasteiger partial charge in [-0.2, -0.15) is 0 Å². The van der Waals surface area contributed by atoms with E-state index in [1.54, 1.807) is 26.0 Å². The predicted molar refractivity (Wildman–Crippen MR) is 108 cm³/mol. The van der Waals surface area contributed by atoms with Crippen LogP contribution >= 0.6 is 0 Å². The van der Waals surface area contributed by atoms with Crippen LogP contribution in [0.15, 0.2) is 65.5 Å². The van der Waals surface area contributed by atoms with Gasteiger partial charge in [-0.05, 0) is 50.2 Å². The van der Waals surface area contributed by atoms with Crippen LogP contribution in [0.5, 0.6) is 11.5 Å². The molecule has 0 aliphatic rings. The smallest absolute Gasteiger partial charge is 0.343 e. The van der Waals surface area contributed by atoms with Crippen molar-refractivity contribution in [1.29, 1.82) is 0 Å². The second-order valence-corrected chi connectivity index (χ2v) is 6.41. The molecule has 0 aliphatic heterocycles. The normalized spacial score (nSPS) is 10.8. The van der Waals surface area contributed by atoms with Gasteiger partial charge in [0.2, 0.25) is 0 Å². The Morgan fingerprint density at radius 2 is 1.76 bits per heavy atom. The summed E-state index contributed by atoms with van der Waals surface area (Å²) in [5.41, 5.74) is 1.91. The van der Waals surface area contributed by atoms with E-state index in [1.807, 2.05) is 42.5 Å². The van der Waals surface area contributed by atoms with Crippen molar-refractivity contribution in [3.05, 3.63) is 82.3 Å². The third-order valence-electron chi connectivity index (χ3n) is 4.41. The molecule has 0 spiro atoms. The van der Waals surface area contributed by atoms with Crippen LogP contribution in [0.2, 0.25) is 0 Å². The summed E-state index contributed by atoms with van der Waals surface area (Å²) in [6.45, 7) is 3.67. The molecule has 2 aromatic carbocycles. The van der Waals surface area contributed by atoms with Gasteiger partial charge in [0.1, 0.15) is 17.1 Å². The Labute approximate surface area is 166 Å². The summed E-state index contributed by atoms with van der Waals surface area (Å²) in [6, 6.07) is 18.1. The van der Waals surface area contributed by atoms with Gasteiger partial charge in [0.05, 0.1) is 12.3 Å². The molecule has 7 nitrogen and oxygen atoms in total. The van der Waals surface area contributed by atoms with E-state index in [9.17, 15) is 9.59 Å². The molecule has 0 radical (unpaired) electrons. The molecule has 0 aliphatic carbocycles. The fourth-order valence-corrected chi connectivity index (χ4v) is 3.06. The van der Waals surface area contributed by atoms with E-state index in [2.05, 4.69) is 10.1 Å². The van der Waals surface area contributed by atoms with Crippen molar-refractivity contribution in [2.45, 2.75) is 13.8 Å². The van der Waals surface area contributed by atoms with Crippen LogP contribution in [0.1, 0.15) is 23.0 Å². The topological polar surface area (TPSA) is 85.7 Å². The maximum Gasteiger partial charge on any atom is 0.343 e. The van der Waals surface area contributed by atoms with Gasteiger partial charge in [-0.1, -0.05) is 18.2 Å². The summed E-state index contributed by atoms with van der Waals surface area (Å²) >= 11 is 0. The number of carbonyl (C=O) groups excluding carboxylic acids is 1. The van der Waals surface area contributed by atoms with Crippen LogP contribution in [0, 0.1) is 6.92 Å². The number of nitrogens with zero attached hydrogens (tertiary/aromatic N) is 2. The van der Waals surface area contributed by atoms with E-state index >= 15 is 0 Å². The zero-order valence-corrected chi connectivity index (χ0v) is 16.0. The Kier molecular flexibility index (Phi) is 4.87. The first kappa shape index (κ1) is 18.5. The van der Waals surface area contributed by atoms with Crippen LogP contribution in [0.25, 0.3) is 16.9 Å². The lowest BCUT2D eigenvalue weighted by molar-refractivity contribution is 0.0527. The maximum atomic E-state index is 12.5. The lowest BCUT2D eigenvalue weighted by Gasteiger charge is -2.07. The van der Waals surface area contributed by atoms with Gasteiger partial charge in [-0.3, -0.25) is 9.89 Å². The number of esters is 1. The first-order valence-electron chi connectivity index (χ1n) is 9.19. The van der Waals surface area contributed by atoms with Crippen LogP contribution < -0.4 is 10.3 Å². The fraction of sp³-hybridized carbons (Fsp3) is 0.136. The molecule has 4 aromatic rings. The summed E-state index contributed by atoms with van der Waals surface area (Å²) in [6.07, 6.45) is 0. The molecule has 29 heavy (non-hydrogen) atoms. The van der Waals surface area contributed by atoms with Crippen molar-refractivity contribution in [2.75, 3.05) is 6.61 Å². The highest BCUT2D eigenvalue weighted by Crippen LogP contribution is 2.25. The fourth-order valence-electron chi connectivity index (χ4n) is 3.06. The molecule has 0 atom stereocenters. The van der Waals surface area contributed by atoms with E-state index in [0.29, 0.717) is 17.1 Å². The van der Waals surface area contributed by atoms with E-state index in [-0.39, 0.29) is 23.4 Å². The van der Waals surface area contributed by atoms with Crippen molar-refractivity contribution in [2.24, 2.45) is 0 Å². The standard InChI is InChI=1S/C22H19N3O4/c1-3-28-22(27)20-14(2)24-25-19(26)13-18(23-21(20)25)15-9-11-17(12-10-15)29-16-7-5-4-6-8-16/h4-13,24H,3H2,1-2H3. The van der Waals surface area contributed by atoms with Gasteiger partial charge in [-0.25, -0.2) is 14.3 Å². The molecule has 0 fully saturated rings. The molecule has 4 rings (SSSR count). The van der Waals surface area contributed by atoms with Crippen molar-refractivity contribution in [3.8, 4) is 22.8 Å². The van der Waals surface area contributed by atoms with Crippen LogP contribution in [0.3, 0.4) is 0 Å².